The van der Waals surface area contributed by atoms with Crippen LogP contribution in [0.25, 0.3) is 0 Å². The summed E-state index contributed by atoms with van der Waals surface area (Å²) in [6.45, 7) is 0. The lowest BCUT2D eigenvalue weighted by atomic mass is 10.2. The minimum atomic E-state index is -0.353. The summed E-state index contributed by atoms with van der Waals surface area (Å²) in [7, 11) is 1.69. The van der Waals surface area contributed by atoms with Crippen molar-refractivity contribution in [2.75, 3.05) is 0 Å². The average molecular weight is 234 g/mol. The maximum absolute atomic E-state index is 9.47. The predicted molar refractivity (Wildman–Crippen MR) is 58.8 cm³/mol. The van der Waals surface area contributed by atoms with Crippen LogP contribution in [0.4, 0.5) is 11.5 Å². The third-order valence-electron chi connectivity index (χ3n) is 2.10. The van der Waals surface area contributed by atoms with E-state index in [0.29, 0.717) is 5.82 Å². The minimum absolute atomic E-state index is 0.107. The Morgan fingerprint density at radius 2 is 1.76 bits per heavy atom. The van der Waals surface area contributed by atoms with Gasteiger partial charge in [-0.05, 0) is 0 Å². The topological polar surface area (TPSA) is 103 Å². The van der Waals surface area contributed by atoms with E-state index in [1.165, 1.54) is 4.68 Å². The van der Waals surface area contributed by atoms with Gasteiger partial charge in [0.2, 0.25) is 0 Å². The summed E-state index contributed by atoms with van der Waals surface area (Å²) < 4.78 is 1.48. The number of benzene rings is 1. The van der Waals surface area contributed by atoms with E-state index in [-0.39, 0.29) is 22.9 Å². The van der Waals surface area contributed by atoms with E-state index in [9.17, 15) is 10.2 Å². The van der Waals surface area contributed by atoms with Gasteiger partial charge in [0.1, 0.15) is 5.75 Å². The van der Waals surface area contributed by atoms with Crippen LogP contribution in [0.3, 0.4) is 0 Å². The van der Waals surface area contributed by atoms with E-state index in [0.717, 1.165) is 12.1 Å². The van der Waals surface area contributed by atoms with Gasteiger partial charge in [-0.25, -0.2) is 4.68 Å². The first-order valence-electron chi connectivity index (χ1n) is 4.72. The normalized spacial score (nSPS) is 11.1. The number of phenolic OH excluding ortho intramolecular Hbond substituents is 3. The molecule has 0 aliphatic heterocycles. The molecule has 1 aromatic carbocycles. The fraction of sp³-hybridized carbons (Fsp3) is 0.100. The zero-order valence-corrected chi connectivity index (χ0v) is 8.94. The smallest absolute Gasteiger partial charge is 0.172 e. The van der Waals surface area contributed by atoms with Gasteiger partial charge in [0, 0.05) is 25.2 Å². The number of aromatic nitrogens is 2. The van der Waals surface area contributed by atoms with Crippen molar-refractivity contribution < 1.29 is 15.3 Å². The Morgan fingerprint density at radius 1 is 1.12 bits per heavy atom. The molecule has 7 heteroatoms. The summed E-state index contributed by atoms with van der Waals surface area (Å²) in [5.74, 6) is -0.488. The monoisotopic (exact) mass is 234 g/mol. The molecule has 0 spiro atoms. The van der Waals surface area contributed by atoms with Crippen molar-refractivity contribution >= 4 is 11.5 Å². The lowest BCUT2D eigenvalue weighted by molar-refractivity contribution is 0.429. The Kier molecular flexibility index (Phi) is 2.65. The predicted octanol–water partition coefficient (Wildman–Crippen LogP) is 1.95. The van der Waals surface area contributed by atoms with E-state index < -0.39 is 0 Å². The number of nitrogens with zero attached hydrogens (tertiary/aromatic N) is 4. The molecule has 0 aliphatic carbocycles. The van der Waals surface area contributed by atoms with Crippen LogP contribution in [0.5, 0.6) is 17.2 Å². The number of hydrogen-bond acceptors (Lipinski definition) is 6. The number of rotatable bonds is 2. The molecule has 3 N–H and O–H groups in total. The van der Waals surface area contributed by atoms with Crippen molar-refractivity contribution in [3.63, 3.8) is 0 Å². The second kappa shape index (κ2) is 4.12. The summed E-state index contributed by atoms with van der Waals surface area (Å²) in [4.78, 5) is 0. The molecular formula is C10H10N4O3. The van der Waals surface area contributed by atoms with Crippen LogP contribution in [0.2, 0.25) is 0 Å². The summed E-state index contributed by atoms with van der Waals surface area (Å²) in [5, 5.41) is 39.5. The summed E-state index contributed by atoms with van der Waals surface area (Å²) in [6.07, 6.45) is 1.55. The molecule has 17 heavy (non-hydrogen) atoms. The molecule has 0 atom stereocenters. The van der Waals surface area contributed by atoms with Crippen molar-refractivity contribution in [1.29, 1.82) is 0 Å². The Morgan fingerprint density at radius 3 is 2.29 bits per heavy atom. The van der Waals surface area contributed by atoms with Crippen molar-refractivity contribution in [3.05, 3.63) is 24.4 Å². The first-order chi connectivity index (χ1) is 8.08. The molecule has 0 unspecified atom stereocenters. The van der Waals surface area contributed by atoms with Crippen LogP contribution in [0.15, 0.2) is 34.6 Å². The third kappa shape index (κ3) is 2.17. The largest absolute Gasteiger partial charge is 0.508 e. The van der Waals surface area contributed by atoms with Crippen LogP contribution >= 0.6 is 0 Å². The van der Waals surface area contributed by atoms with E-state index >= 15 is 0 Å². The van der Waals surface area contributed by atoms with Crippen molar-refractivity contribution in [1.82, 2.24) is 9.78 Å². The van der Waals surface area contributed by atoms with Gasteiger partial charge in [-0.1, -0.05) is 0 Å². The molecular weight excluding hydrogens is 224 g/mol. The van der Waals surface area contributed by atoms with E-state index in [1.54, 1.807) is 19.3 Å². The molecule has 0 radical (unpaired) electrons. The Hall–Kier alpha value is -2.57. The second-order valence-corrected chi connectivity index (χ2v) is 3.35. The number of azo groups is 1. The molecule has 0 bridgehead atoms. The fourth-order valence-electron chi connectivity index (χ4n) is 1.26. The number of aromatic hydroxyl groups is 3. The number of phenols is 3. The van der Waals surface area contributed by atoms with Gasteiger partial charge in [-0.3, -0.25) is 0 Å². The van der Waals surface area contributed by atoms with Crippen molar-refractivity contribution in [2.45, 2.75) is 0 Å². The lowest BCUT2D eigenvalue weighted by Gasteiger charge is -2.01. The highest BCUT2D eigenvalue weighted by Crippen LogP contribution is 2.39. The van der Waals surface area contributed by atoms with Gasteiger partial charge < -0.3 is 15.3 Å². The van der Waals surface area contributed by atoms with E-state index in [2.05, 4.69) is 15.3 Å². The lowest BCUT2D eigenvalue weighted by Crippen LogP contribution is -1.86. The van der Waals surface area contributed by atoms with Gasteiger partial charge in [-0.15, -0.1) is 10.2 Å². The molecule has 2 aromatic rings. The van der Waals surface area contributed by atoms with Crippen LogP contribution in [0.1, 0.15) is 0 Å². The van der Waals surface area contributed by atoms with Gasteiger partial charge in [-0.2, -0.15) is 5.10 Å². The highest BCUT2D eigenvalue weighted by molar-refractivity contribution is 5.63. The molecule has 0 amide bonds. The quantitative estimate of drug-likeness (QED) is 0.691. The highest BCUT2D eigenvalue weighted by Gasteiger charge is 2.09. The zero-order valence-electron chi connectivity index (χ0n) is 8.94. The second-order valence-electron chi connectivity index (χ2n) is 3.35. The number of hydrogen-bond donors (Lipinski definition) is 3. The number of aryl methyl sites for hydroxylation is 1. The minimum Gasteiger partial charge on any atom is -0.508 e. The van der Waals surface area contributed by atoms with E-state index in [1.807, 2.05) is 0 Å². The van der Waals surface area contributed by atoms with Crippen LogP contribution in [-0.2, 0) is 7.05 Å². The van der Waals surface area contributed by atoms with Gasteiger partial charge >= 0.3 is 0 Å². The van der Waals surface area contributed by atoms with Crippen LogP contribution in [-0.4, -0.2) is 25.1 Å². The van der Waals surface area contributed by atoms with Gasteiger partial charge in [0.15, 0.2) is 23.0 Å². The van der Waals surface area contributed by atoms with Gasteiger partial charge in [0.25, 0.3) is 0 Å². The summed E-state index contributed by atoms with van der Waals surface area (Å²) in [6, 6.07) is 3.76. The SMILES string of the molecule is Cn1nccc1N=Nc1c(O)cc(O)cc1O. The first kappa shape index (κ1) is 10.9. The van der Waals surface area contributed by atoms with Crippen LogP contribution < -0.4 is 0 Å². The highest BCUT2D eigenvalue weighted by atomic mass is 16.3. The Labute approximate surface area is 96.3 Å². The summed E-state index contributed by atoms with van der Waals surface area (Å²) in [5.41, 5.74) is -0.107. The maximum atomic E-state index is 9.47. The average Bonchev–Trinajstić information content (AvgIpc) is 2.62. The van der Waals surface area contributed by atoms with Crippen LogP contribution in [0, 0.1) is 0 Å². The van der Waals surface area contributed by atoms with Crippen molar-refractivity contribution in [2.24, 2.45) is 17.3 Å². The molecule has 1 aromatic heterocycles. The Bertz CT molecular complexity index is 554. The maximum Gasteiger partial charge on any atom is 0.172 e. The molecule has 0 fully saturated rings. The molecule has 7 nitrogen and oxygen atoms in total. The molecule has 0 saturated heterocycles. The van der Waals surface area contributed by atoms with Gasteiger partial charge in [0.05, 0.1) is 6.20 Å². The molecule has 88 valence electrons. The molecule has 2 rings (SSSR count). The van der Waals surface area contributed by atoms with E-state index in [4.69, 9.17) is 5.11 Å². The zero-order chi connectivity index (χ0) is 12.4. The molecule has 1 heterocycles. The molecule has 0 aliphatic rings. The Balaban J connectivity index is 2.37. The standard InChI is InChI=1S/C10H10N4O3/c1-14-9(2-3-11-14)12-13-10-7(16)4-6(15)5-8(10)17/h2-5,15-17H,1H3. The summed E-state index contributed by atoms with van der Waals surface area (Å²) >= 11 is 0. The molecule has 0 saturated carbocycles. The van der Waals surface area contributed by atoms with Crippen molar-refractivity contribution in [3.8, 4) is 17.2 Å². The fourth-order valence-corrected chi connectivity index (χ4v) is 1.26. The first-order valence-corrected chi connectivity index (χ1v) is 4.72. The third-order valence-corrected chi connectivity index (χ3v) is 2.10.